The van der Waals surface area contributed by atoms with Crippen LogP contribution in [0.2, 0.25) is 0 Å². The second-order valence-corrected chi connectivity index (χ2v) is 3.48. The number of anilines is 2. The number of aldehydes is 1. The van der Waals surface area contributed by atoms with Crippen molar-refractivity contribution in [1.29, 1.82) is 0 Å². The van der Waals surface area contributed by atoms with Crippen LogP contribution < -0.4 is 4.90 Å². The number of para-hydroxylation sites is 2. The van der Waals surface area contributed by atoms with Crippen LogP contribution in [0.1, 0.15) is 11.7 Å². The van der Waals surface area contributed by atoms with Crippen molar-refractivity contribution in [2.45, 2.75) is 0 Å². The van der Waals surface area contributed by atoms with Gasteiger partial charge in [0, 0.05) is 18.3 Å². The highest BCUT2D eigenvalue weighted by Gasteiger charge is 2.07. The van der Waals surface area contributed by atoms with Crippen molar-refractivity contribution >= 4 is 17.7 Å². The van der Waals surface area contributed by atoms with Gasteiger partial charge in [-0.05, 0) is 24.2 Å². The number of benzene rings is 2. The summed E-state index contributed by atoms with van der Waals surface area (Å²) >= 11 is 0. The summed E-state index contributed by atoms with van der Waals surface area (Å²) in [6.45, 7) is 0. The Morgan fingerprint density at radius 1 is 1.12 bits per heavy atom. The third-order valence-corrected chi connectivity index (χ3v) is 2.48. The first-order chi connectivity index (χ1) is 8.24. The van der Waals surface area contributed by atoms with Gasteiger partial charge >= 0.3 is 0 Å². The highest BCUT2D eigenvalue weighted by atomic mass is 16.1. The smallest absolute Gasteiger partial charge is 0.152 e. The minimum absolute atomic E-state index is 0.440. The molecule has 0 unspecified atom stereocenters. The molecule has 80 valence electrons. The lowest BCUT2D eigenvalue weighted by Gasteiger charge is -2.20. The molecule has 0 amide bonds. The summed E-state index contributed by atoms with van der Waals surface area (Å²) < 4.78 is 7.85. The molecule has 0 aliphatic rings. The number of rotatable bonds is 3. The maximum atomic E-state index is 11.0. The van der Waals surface area contributed by atoms with Gasteiger partial charge in [-0.15, -0.1) is 0 Å². The molecule has 2 heteroatoms. The molecule has 2 aromatic rings. The first kappa shape index (κ1) is 9.16. The fourth-order valence-electron chi connectivity index (χ4n) is 1.61. The van der Waals surface area contributed by atoms with E-state index in [4.69, 9.17) is 1.37 Å². The summed E-state index contributed by atoms with van der Waals surface area (Å²) in [6, 6.07) is 15.1. The van der Waals surface area contributed by atoms with E-state index in [1.54, 1.807) is 12.1 Å². The minimum Gasteiger partial charge on any atom is -0.344 e. The molecule has 2 aromatic carbocycles. The van der Waals surface area contributed by atoms with Crippen LogP contribution in [-0.2, 0) is 0 Å². The summed E-state index contributed by atoms with van der Waals surface area (Å²) in [7, 11) is 1.86. The largest absolute Gasteiger partial charge is 0.344 e. The lowest BCUT2D eigenvalue weighted by Crippen LogP contribution is -2.11. The van der Waals surface area contributed by atoms with E-state index in [-0.39, 0.29) is 0 Å². The number of hydrogen-bond acceptors (Lipinski definition) is 2. The fourth-order valence-corrected chi connectivity index (χ4v) is 1.61. The molecule has 0 N–H and O–H groups in total. The predicted octanol–water partition coefficient (Wildman–Crippen LogP) is 3.27. The summed E-state index contributed by atoms with van der Waals surface area (Å²) in [5, 5.41) is 0. The average molecular weight is 212 g/mol. The Morgan fingerprint density at radius 3 is 2.62 bits per heavy atom. The zero-order chi connectivity index (χ0) is 12.3. The number of carbonyl (C=O) groups excluding carboxylic acids is 1. The third kappa shape index (κ3) is 1.96. The van der Waals surface area contributed by atoms with Gasteiger partial charge < -0.3 is 4.90 Å². The molecule has 0 saturated carbocycles. The summed E-state index contributed by atoms with van der Waals surface area (Å²) in [5.41, 5.74) is 2.21. The zero-order valence-corrected chi connectivity index (χ0v) is 9.05. The Balaban J connectivity index is 2.47. The van der Waals surface area contributed by atoms with Crippen LogP contribution in [0.5, 0.6) is 0 Å². The minimum atomic E-state index is 0.440. The van der Waals surface area contributed by atoms with Gasteiger partial charge in [0.2, 0.25) is 0 Å². The van der Waals surface area contributed by atoms with Crippen LogP contribution in [0.4, 0.5) is 11.4 Å². The van der Waals surface area contributed by atoms with E-state index in [0.717, 1.165) is 17.7 Å². The topological polar surface area (TPSA) is 20.3 Å². The molecule has 0 spiro atoms. The first-order valence-corrected chi connectivity index (χ1v) is 5.07. The van der Waals surface area contributed by atoms with Crippen LogP contribution in [0.3, 0.4) is 0 Å². The first-order valence-electron chi connectivity index (χ1n) is 5.57. The second kappa shape index (κ2) is 4.62. The van der Waals surface area contributed by atoms with Crippen LogP contribution >= 0.6 is 0 Å². The average Bonchev–Trinajstić information content (AvgIpc) is 2.38. The Hall–Kier alpha value is -2.09. The SMILES string of the molecule is [2H]c1ccccc1N(C)c1ccccc1C=O. The third-order valence-electron chi connectivity index (χ3n) is 2.48. The maximum Gasteiger partial charge on any atom is 0.152 e. The highest BCUT2D eigenvalue weighted by molar-refractivity contribution is 5.86. The summed E-state index contributed by atoms with van der Waals surface area (Å²) in [6.07, 6.45) is 0.832. The quantitative estimate of drug-likeness (QED) is 0.728. The predicted molar refractivity (Wildman–Crippen MR) is 66.3 cm³/mol. The lowest BCUT2D eigenvalue weighted by molar-refractivity contribution is 0.112. The molecule has 0 radical (unpaired) electrons. The van der Waals surface area contributed by atoms with Crippen molar-refractivity contribution in [3.8, 4) is 0 Å². The monoisotopic (exact) mass is 212 g/mol. The molecule has 0 aromatic heterocycles. The zero-order valence-electron chi connectivity index (χ0n) is 10.1. The molecule has 0 aliphatic carbocycles. The Labute approximate surface area is 96.5 Å². The van der Waals surface area contributed by atoms with Gasteiger partial charge in [-0.2, -0.15) is 0 Å². The molecular formula is C14H13NO. The molecular weight excluding hydrogens is 198 g/mol. The number of nitrogens with zero attached hydrogens (tertiary/aromatic N) is 1. The van der Waals surface area contributed by atoms with Crippen molar-refractivity contribution in [3.05, 3.63) is 60.1 Å². The van der Waals surface area contributed by atoms with Gasteiger partial charge in [0.05, 0.1) is 7.06 Å². The Bertz CT molecular complexity index is 539. The van der Waals surface area contributed by atoms with Gasteiger partial charge in [0.25, 0.3) is 0 Å². The molecule has 0 bridgehead atoms. The van der Waals surface area contributed by atoms with Crippen LogP contribution in [0.25, 0.3) is 0 Å². The molecule has 0 heterocycles. The van der Waals surface area contributed by atoms with E-state index in [1.807, 2.05) is 48.3 Å². The fraction of sp³-hybridized carbons (Fsp3) is 0.0714. The molecule has 0 saturated heterocycles. The summed E-state index contributed by atoms with van der Waals surface area (Å²) in [5.74, 6) is 0. The van der Waals surface area contributed by atoms with Crippen molar-refractivity contribution in [1.82, 2.24) is 0 Å². The highest BCUT2D eigenvalue weighted by Crippen LogP contribution is 2.25. The molecule has 0 fully saturated rings. The van der Waals surface area contributed by atoms with Gasteiger partial charge in [0.1, 0.15) is 0 Å². The maximum absolute atomic E-state index is 11.0. The van der Waals surface area contributed by atoms with Gasteiger partial charge in [-0.3, -0.25) is 4.79 Å². The normalized spacial score (nSPS) is 10.7. The molecule has 2 rings (SSSR count). The number of carbonyl (C=O) groups is 1. The second-order valence-electron chi connectivity index (χ2n) is 3.48. The van der Waals surface area contributed by atoms with E-state index in [0.29, 0.717) is 11.6 Å². The van der Waals surface area contributed by atoms with E-state index in [2.05, 4.69) is 0 Å². The Kier molecular flexibility index (Phi) is 2.64. The van der Waals surface area contributed by atoms with Crippen molar-refractivity contribution in [3.63, 3.8) is 0 Å². The van der Waals surface area contributed by atoms with Crippen molar-refractivity contribution in [2.24, 2.45) is 0 Å². The number of hydrogen-bond donors (Lipinski definition) is 0. The van der Waals surface area contributed by atoms with E-state index in [9.17, 15) is 4.79 Å². The molecule has 16 heavy (non-hydrogen) atoms. The van der Waals surface area contributed by atoms with Crippen LogP contribution in [0.15, 0.2) is 54.6 Å². The van der Waals surface area contributed by atoms with Gasteiger partial charge in [-0.1, -0.05) is 30.3 Å². The van der Waals surface area contributed by atoms with Gasteiger partial charge in [0.15, 0.2) is 6.29 Å². The van der Waals surface area contributed by atoms with Gasteiger partial charge in [-0.25, -0.2) is 0 Å². The van der Waals surface area contributed by atoms with E-state index in [1.165, 1.54) is 0 Å². The van der Waals surface area contributed by atoms with E-state index >= 15 is 0 Å². The molecule has 2 nitrogen and oxygen atoms in total. The summed E-state index contributed by atoms with van der Waals surface area (Å²) in [4.78, 5) is 12.8. The van der Waals surface area contributed by atoms with E-state index < -0.39 is 0 Å². The standard InChI is InChI=1S/C14H13NO/c1-15(13-8-3-2-4-9-13)14-10-6-5-7-12(14)11-16/h2-11H,1H3/i8D. The van der Waals surface area contributed by atoms with Crippen molar-refractivity contribution < 1.29 is 6.17 Å². The van der Waals surface area contributed by atoms with Crippen molar-refractivity contribution in [2.75, 3.05) is 11.9 Å². The molecule has 0 atom stereocenters. The lowest BCUT2D eigenvalue weighted by atomic mass is 10.1. The van der Waals surface area contributed by atoms with Crippen LogP contribution in [-0.4, -0.2) is 13.3 Å². The van der Waals surface area contributed by atoms with Crippen LogP contribution in [0, 0.1) is 0 Å². The molecule has 0 aliphatic heterocycles. The Morgan fingerprint density at radius 2 is 1.88 bits per heavy atom.